The molecule has 0 saturated carbocycles. The van der Waals surface area contributed by atoms with Crippen LogP contribution in [0.3, 0.4) is 0 Å². The molecule has 1 aliphatic rings. The largest absolute Gasteiger partial charge is 0.466 e. The highest BCUT2D eigenvalue weighted by Crippen LogP contribution is 2.43. The van der Waals surface area contributed by atoms with Gasteiger partial charge in [-0.15, -0.1) is 0 Å². The summed E-state index contributed by atoms with van der Waals surface area (Å²) in [7, 11) is 0. The molecule has 1 fully saturated rings. The Morgan fingerprint density at radius 2 is 2.00 bits per heavy atom. The first kappa shape index (κ1) is 19.6. The second-order valence-electron chi connectivity index (χ2n) is 5.24. The quantitative estimate of drug-likeness (QED) is 0.680. The molecule has 11 heteroatoms. The molecule has 0 aliphatic carbocycles. The monoisotopic (exact) mass is 400 g/mol. The summed E-state index contributed by atoms with van der Waals surface area (Å²) in [5.74, 6) is -3.55. The lowest BCUT2D eigenvalue weighted by Gasteiger charge is -2.44. The summed E-state index contributed by atoms with van der Waals surface area (Å²) >= 11 is 11.6. The number of ether oxygens (including phenoxy) is 1. The van der Waals surface area contributed by atoms with Crippen molar-refractivity contribution in [3.63, 3.8) is 0 Å². The number of alkyl halides is 3. The molecule has 0 aromatic heterocycles. The average Bonchev–Trinajstić information content (AvgIpc) is 2.48. The summed E-state index contributed by atoms with van der Waals surface area (Å²) in [6.07, 6.45) is -5.34. The van der Waals surface area contributed by atoms with Crippen molar-refractivity contribution < 1.29 is 32.6 Å². The van der Waals surface area contributed by atoms with Crippen LogP contribution in [0.4, 0.5) is 18.0 Å². The van der Waals surface area contributed by atoms with Gasteiger partial charge in [0.2, 0.25) is 0 Å². The van der Waals surface area contributed by atoms with E-state index in [0.29, 0.717) is 0 Å². The molecule has 1 aliphatic heterocycles. The fourth-order valence-electron chi connectivity index (χ4n) is 2.52. The van der Waals surface area contributed by atoms with Crippen LogP contribution in [0.15, 0.2) is 18.2 Å². The third-order valence-electron chi connectivity index (χ3n) is 3.65. The number of benzene rings is 1. The van der Waals surface area contributed by atoms with Gasteiger partial charge in [-0.3, -0.25) is 4.79 Å². The van der Waals surface area contributed by atoms with Gasteiger partial charge in [0.15, 0.2) is 0 Å². The molecule has 3 N–H and O–H groups in total. The van der Waals surface area contributed by atoms with Gasteiger partial charge in [0.05, 0.1) is 22.7 Å². The Hall–Kier alpha value is -1.71. The fourth-order valence-corrected chi connectivity index (χ4v) is 2.83. The molecule has 0 radical (unpaired) electrons. The molecule has 6 nitrogen and oxygen atoms in total. The zero-order chi connectivity index (χ0) is 19.0. The molecule has 138 valence electrons. The topological polar surface area (TPSA) is 87.7 Å². The number of nitrogens with one attached hydrogen (secondary N) is 2. The Morgan fingerprint density at radius 3 is 2.52 bits per heavy atom. The van der Waals surface area contributed by atoms with Crippen LogP contribution in [0, 0.1) is 5.92 Å². The second kappa shape index (κ2) is 6.89. The Balaban J connectivity index is 2.59. The standard InChI is InChI=1S/C14H13Cl2F3N2O4/c1-2-25-11(22)9-10(6-3-4-7(15)8(16)5-6)20-12(23)21-13(9,24)14(17,18)19/h3-5,9-10,24H,2H2,1H3,(H2,20,21,23)/t9-,10+,13+/m0/s1. The smallest absolute Gasteiger partial charge is 0.437 e. The van der Waals surface area contributed by atoms with E-state index >= 15 is 0 Å². The van der Waals surface area contributed by atoms with E-state index in [0.717, 1.165) is 0 Å². The summed E-state index contributed by atoms with van der Waals surface area (Å²) in [6, 6.07) is 0.921. The Kier molecular flexibility index (Phi) is 5.41. The Bertz CT molecular complexity index is 701. The van der Waals surface area contributed by atoms with Gasteiger partial charge in [-0.05, 0) is 24.6 Å². The minimum atomic E-state index is -5.34. The number of amides is 2. The highest BCUT2D eigenvalue weighted by Gasteiger charge is 2.67. The summed E-state index contributed by atoms with van der Waals surface area (Å²) in [5.41, 5.74) is -3.77. The molecule has 2 amide bonds. The first-order valence-corrected chi connectivity index (χ1v) is 7.76. The molecule has 2 rings (SSSR count). The molecule has 1 aromatic carbocycles. The van der Waals surface area contributed by atoms with Crippen LogP contribution in [0.5, 0.6) is 0 Å². The van der Waals surface area contributed by atoms with E-state index in [1.54, 1.807) is 0 Å². The van der Waals surface area contributed by atoms with Gasteiger partial charge in [-0.25, -0.2) is 4.79 Å². The van der Waals surface area contributed by atoms with Crippen molar-refractivity contribution in [3.8, 4) is 0 Å². The first-order valence-electron chi connectivity index (χ1n) is 7.00. The summed E-state index contributed by atoms with van der Waals surface area (Å²) in [5, 5.41) is 13.8. The predicted molar refractivity (Wildman–Crippen MR) is 82.0 cm³/mol. The second-order valence-corrected chi connectivity index (χ2v) is 6.06. The molecule has 1 heterocycles. The van der Waals surface area contributed by atoms with Crippen LogP contribution < -0.4 is 10.6 Å². The van der Waals surface area contributed by atoms with E-state index in [4.69, 9.17) is 23.2 Å². The van der Waals surface area contributed by atoms with Gasteiger partial charge in [0.1, 0.15) is 5.92 Å². The van der Waals surface area contributed by atoms with E-state index in [9.17, 15) is 27.9 Å². The minimum absolute atomic E-state index is 0.00473. The van der Waals surface area contributed by atoms with Crippen LogP contribution in [0.25, 0.3) is 0 Å². The average molecular weight is 401 g/mol. The molecular formula is C14H13Cl2F3N2O4. The van der Waals surface area contributed by atoms with Crippen LogP contribution in [0.2, 0.25) is 10.0 Å². The third kappa shape index (κ3) is 3.63. The normalized spacial score (nSPS) is 26.6. The van der Waals surface area contributed by atoms with Gasteiger partial charge < -0.3 is 20.5 Å². The highest BCUT2D eigenvalue weighted by atomic mass is 35.5. The highest BCUT2D eigenvalue weighted by molar-refractivity contribution is 6.42. The van der Waals surface area contributed by atoms with Crippen LogP contribution in [-0.4, -0.2) is 35.6 Å². The lowest BCUT2D eigenvalue weighted by Crippen LogP contribution is -2.73. The van der Waals surface area contributed by atoms with Crippen molar-refractivity contribution in [1.82, 2.24) is 10.6 Å². The number of hydrogen-bond acceptors (Lipinski definition) is 4. The van der Waals surface area contributed by atoms with Crippen molar-refractivity contribution in [2.75, 3.05) is 6.61 Å². The molecule has 1 saturated heterocycles. The van der Waals surface area contributed by atoms with Crippen molar-refractivity contribution in [1.29, 1.82) is 0 Å². The molecular weight excluding hydrogens is 388 g/mol. The van der Waals surface area contributed by atoms with E-state index in [1.807, 2.05) is 0 Å². The maximum absolute atomic E-state index is 13.4. The van der Waals surface area contributed by atoms with Gasteiger partial charge in [-0.2, -0.15) is 13.2 Å². The summed E-state index contributed by atoms with van der Waals surface area (Å²) in [4.78, 5) is 23.9. The minimum Gasteiger partial charge on any atom is -0.466 e. The number of esters is 1. The third-order valence-corrected chi connectivity index (χ3v) is 4.39. The SMILES string of the molecule is CCOC(=O)[C@@H]1[C@@H](c2ccc(Cl)c(Cl)c2)NC(=O)N[C@]1(O)C(F)(F)F. The zero-order valence-corrected chi connectivity index (χ0v) is 14.2. The van der Waals surface area contributed by atoms with Gasteiger partial charge in [-0.1, -0.05) is 29.3 Å². The van der Waals surface area contributed by atoms with Gasteiger partial charge in [0.25, 0.3) is 5.72 Å². The number of carbonyl (C=O) groups excluding carboxylic acids is 2. The van der Waals surface area contributed by atoms with Gasteiger partial charge >= 0.3 is 18.2 Å². The lowest BCUT2D eigenvalue weighted by atomic mass is 9.82. The summed E-state index contributed by atoms with van der Waals surface area (Å²) < 4.78 is 45.0. The van der Waals surface area contributed by atoms with E-state index in [1.165, 1.54) is 30.4 Å². The number of hydrogen-bond donors (Lipinski definition) is 3. The molecule has 0 spiro atoms. The lowest BCUT2D eigenvalue weighted by molar-refractivity contribution is -0.294. The first-order chi connectivity index (χ1) is 11.5. The van der Waals surface area contributed by atoms with Crippen LogP contribution >= 0.6 is 23.2 Å². The van der Waals surface area contributed by atoms with Gasteiger partial charge in [0, 0.05) is 0 Å². The predicted octanol–water partition coefficient (Wildman–Crippen LogP) is 2.78. The number of rotatable bonds is 3. The van der Waals surface area contributed by atoms with E-state index in [2.05, 4.69) is 10.1 Å². The fraction of sp³-hybridized carbons (Fsp3) is 0.429. The molecule has 0 unspecified atom stereocenters. The maximum atomic E-state index is 13.4. The van der Waals surface area contributed by atoms with Crippen molar-refractivity contribution in [2.24, 2.45) is 5.92 Å². The van der Waals surface area contributed by atoms with Crippen LogP contribution in [0.1, 0.15) is 18.5 Å². The number of urea groups is 1. The Morgan fingerprint density at radius 1 is 1.36 bits per heavy atom. The zero-order valence-electron chi connectivity index (χ0n) is 12.7. The van der Waals surface area contributed by atoms with Crippen LogP contribution in [-0.2, 0) is 9.53 Å². The van der Waals surface area contributed by atoms with Crippen molar-refractivity contribution in [3.05, 3.63) is 33.8 Å². The number of aliphatic hydroxyl groups is 1. The maximum Gasteiger partial charge on any atom is 0.437 e. The molecule has 3 atom stereocenters. The molecule has 1 aromatic rings. The molecule has 0 bridgehead atoms. The summed E-state index contributed by atoms with van der Waals surface area (Å²) in [6.45, 7) is 1.18. The number of halogens is 5. The molecule has 25 heavy (non-hydrogen) atoms. The van der Waals surface area contributed by atoms with E-state index in [-0.39, 0.29) is 22.2 Å². The number of carbonyl (C=O) groups is 2. The van der Waals surface area contributed by atoms with Crippen molar-refractivity contribution in [2.45, 2.75) is 24.9 Å². The van der Waals surface area contributed by atoms with Crippen molar-refractivity contribution >= 4 is 35.2 Å². The Labute approximate surface area is 150 Å². The van der Waals surface area contributed by atoms with E-state index < -0.39 is 35.9 Å².